The number of rotatable bonds is 0. The van der Waals surface area contributed by atoms with Crippen molar-refractivity contribution in [2.24, 2.45) is 0 Å². The van der Waals surface area contributed by atoms with Crippen molar-refractivity contribution in [1.82, 2.24) is 0 Å². The van der Waals surface area contributed by atoms with Gasteiger partial charge in [-0.3, -0.25) is 0 Å². The van der Waals surface area contributed by atoms with Gasteiger partial charge in [-0.2, -0.15) is 0 Å². The van der Waals surface area contributed by atoms with E-state index in [4.69, 9.17) is 0 Å². The van der Waals surface area contributed by atoms with E-state index in [9.17, 15) is 10.4 Å². The van der Waals surface area contributed by atoms with E-state index in [0.29, 0.717) is 0 Å². The van der Waals surface area contributed by atoms with E-state index in [1.807, 2.05) is 0 Å². The average Bonchev–Trinajstić information content (AvgIpc) is 0.722. The van der Waals surface area contributed by atoms with Crippen molar-refractivity contribution in [3.8, 4) is 0 Å². The molecule has 0 saturated heterocycles. The van der Waals surface area contributed by atoms with Crippen LogP contribution in [0.5, 0.6) is 0 Å². The molecule has 0 aliphatic carbocycles. The van der Waals surface area contributed by atoms with Crippen molar-refractivity contribution in [2.75, 3.05) is 0 Å². The molecule has 0 saturated carbocycles. The second-order valence-corrected chi connectivity index (χ2v) is 3.07. The van der Waals surface area contributed by atoms with Crippen LogP contribution in [0.3, 0.4) is 0 Å². The Balaban J connectivity index is 3.02. The van der Waals surface area contributed by atoms with Gasteiger partial charge in [-0.15, -0.1) is 0 Å². The molecule has 0 unspecified atom stereocenters. The first-order chi connectivity index (χ1) is 2.00. The van der Waals surface area contributed by atoms with Crippen molar-refractivity contribution in [2.45, 2.75) is 0 Å². The summed E-state index contributed by atoms with van der Waals surface area (Å²) in [5, 5.41) is 0. The van der Waals surface area contributed by atoms with Crippen LogP contribution >= 0.6 is 0 Å². The van der Waals surface area contributed by atoms with Crippen LogP contribution < -0.4 is 0 Å². The van der Waals surface area contributed by atoms with Crippen LogP contribution in [0.15, 0.2) is 0 Å². The van der Waals surface area contributed by atoms with Crippen LogP contribution in [0.4, 0.5) is 10.4 Å². The van der Waals surface area contributed by atoms with Crippen LogP contribution in [-0.2, 0) is 0 Å². The third-order valence-corrected chi connectivity index (χ3v) is 0. The van der Waals surface area contributed by atoms with Crippen molar-refractivity contribution in [3.63, 3.8) is 0 Å². The van der Waals surface area contributed by atoms with Crippen molar-refractivity contribution < 1.29 is 10.4 Å². The molecule has 0 aromatic rings. The van der Waals surface area contributed by atoms with Crippen molar-refractivity contribution in [1.29, 1.82) is 0 Å². The van der Waals surface area contributed by atoms with Crippen LogP contribution in [0.25, 0.3) is 0 Å². The minimum absolute atomic E-state index is 7.17. The van der Waals surface area contributed by atoms with Crippen molar-refractivity contribution in [3.05, 3.63) is 0 Å². The molecule has 0 amide bonds. The van der Waals surface area contributed by atoms with E-state index < -0.39 is 23.0 Å². The molecule has 0 aromatic heterocycles. The minimum atomic E-state index is -7.17. The zero-order valence-electron chi connectivity index (χ0n) is 1.92. The predicted octanol–water partition coefficient (Wildman–Crippen LogP) is 1.30. The van der Waals surface area contributed by atoms with Gasteiger partial charge in [-0.1, -0.05) is 0 Å². The van der Waals surface area contributed by atoms with Crippen LogP contribution in [0.2, 0.25) is 0 Å². The molecular formula is F4Po. The first-order valence-electron chi connectivity index (χ1n) is 0.617. The van der Waals surface area contributed by atoms with Crippen LogP contribution in [0, 0.1) is 0 Å². The summed E-state index contributed by atoms with van der Waals surface area (Å²) in [5.74, 6) is 0. The van der Waals surface area contributed by atoms with Gasteiger partial charge >= 0.3 is 33.4 Å². The Hall–Kier alpha value is 0.616. The molecule has 0 aliphatic heterocycles. The molecule has 0 spiro atoms. The fraction of sp³-hybridized carbons (Fsp3) is 0. The number of hydrogen-bond acceptors (Lipinski definition) is 0. The molecule has 0 atom stereocenters. The first-order valence-corrected chi connectivity index (χ1v) is 5.42. The van der Waals surface area contributed by atoms with Crippen LogP contribution in [-0.4, -0.2) is 23.0 Å². The molecule has 0 fully saturated rings. The van der Waals surface area contributed by atoms with Crippen LogP contribution in [0.1, 0.15) is 0 Å². The summed E-state index contributed by atoms with van der Waals surface area (Å²) in [5.41, 5.74) is 0. The summed E-state index contributed by atoms with van der Waals surface area (Å²) >= 11 is -7.17. The molecule has 0 rings (SSSR count). The Morgan fingerprint density at radius 2 is 0.800 bits per heavy atom. The SMILES string of the molecule is [F][Po]([F])([F])[F]. The Morgan fingerprint density at radius 1 is 0.800 bits per heavy atom. The van der Waals surface area contributed by atoms with Gasteiger partial charge < -0.3 is 0 Å². The molecule has 0 bridgehead atoms. The van der Waals surface area contributed by atoms with Gasteiger partial charge in [0.15, 0.2) is 0 Å². The quantitative estimate of drug-likeness (QED) is 0.589. The molecule has 5 heavy (non-hydrogen) atoms. The maximum absolute atomic E-state index is 9.90. The summed E-state index contributed by atoms with van der Waals surface area (Å²) in [4.78, 5) is 0. The second kappa shape index (κ2) is 1.38. The van der Waals surface area contributed by atoms with E-state index in [2.05, 4.69) is 0 Å². The molecule has 0 nitrogen and oxygen atoms in total. The third-order valence-electron chi connectivity index (χ3n) is 0. The maximum atomic E-state index is 9.90. The summed E-state index contributed by atoms with van der Waals surface area (Å²) in [6, 6.07) is 0. The first kappa shape index (κ1) is 5.62. The third kappa shape index (κ3) is 83.2. The molecule has 0 radical (unpaired) electrons. The second-order valence-electron chi connectivity index (χ2n) is 0.350. The van der Waals surface area contributed by atoms with Gasteiger partial charge in [0.05, 0.1) is 0 Å². The topological polar surface area (TPSA) is 0 Å². The van der Waals surface area contributed by atoms with E-state index in [0.717, 1.165) is 0 Å². The van der Waals surface area contributed by atoms with Gasteiger partial charge in [0, 0.05) is 0 Å². The molecule has 34 valence electrons. The van der Waals surface area contributed by atoms with E-state index >= 15 is 0 Å². The monoisotopic (exact) mass is 285 g/mol. The number of halogens is 4. The standard InChI is InChI=1S/4FH.Po/h4*1H;/q;;;;+4/p-4. The van der Waals surface area contributed by atoms with Gasteiger partial charge in [0.25, 0.3) is 0 Å². The molecule has 0 heterocycles. The molecule has 0 aromatic carbocycles. The zero-order chi connectivity index (χ0) is 4.50. The zero-order valence-corrected chi connectivity index (χ0v) is 5.09. The molecule has 0 N–H and O–H groups in total. The van der Waals surface area contributed by atoms with Gasteiger partial charge in [-0.05, 0) is 0 Å². The van der Waals surface area contributed by atoms with Crippen molar-refractivity contribution >= 4 is 23.0 Å². The van der Waals surface area contributed by atoms with E-state index in [1.165, 1.54) is 0 Å². The van der Waals surface area contributed by atoms with Gasteiger partial charge in [0.2, 0.25) is 0 Å². The molecule has 5 heteroatoms. The van der Waals surface area contributed by atoms with Gasteiger partial charge in [0.1, 0.15) is 0 Å². The molecule has 0 aliphatic rings. The number of hydrogen-bond donors (Lipinski definition) is 0. The normalized spacial score (nSPS) is 15.2. The fourth-order valence-corrected chi connectivity index (χ4v) is 0. The Kier molecular flexibility index (Phi) is 1.55. The van der Waals surface area contributed by atoms with E-state index in [-0.39, 0.29) is 0 Å². The Labute approximate surface area is 33.9 Å². The summed E-state index contributed by atoms with van der Waals surface area (Å²) in [6.07, 6.45) is 0. The Bertz CT molecular complexity index is 19.1. The average molecular weight is 285 g/mol. The summed E-state index contributed by atoms with van der Waals surface area (Å²) < 4.78 is 39.6. The van der Waals surface area contributed by atoms with E-state index in [1.54, 1.807) is 0 Å². The summed E-state index contributed by atoms with van der Waals surface area (Å²) in [6.45, 7) is 0. The van der Waals surface area contributed by atoms with Gasteiger partial charge in [-0.25, -0.2) is 0 Å². The molecular weight excluding hydrogens is 285 g/mol. The fourth-order valence-electron chi connectivity index (χ4n) is 0. The predicted molar refractivity (Wildman–Crippen MR) is 10.2 cm³/mol. The summed E-state index contributed by atoms with van der Waals surface area (Å²) in [7, 11) is 0. The Morgan fingerprint density at radius 3 is 0.800 bits per heavy atom.